The first-order valence-electron chi connectivity index (χ1n) is 14.1. The minimum atomic E-state index is -2.26. The number of halogens is 2. The fourth-order valence-corrected chi connectivity index (χ4v) is 9.10. The summed E-state index contributed by atoms with van der Waals surface area (Å²) in [6.07, 6.45) is 0.641. The van der Waals surface area contributed by atoms with Gasteiger partial charge in [0, 0.05) is 35.8 Å². The average molecular weight is 572 g/mol. The van der Waals surface area contributed by atoms with E-state index in [0.717, 1.165) is 11.6 Å². The van der Waals surface area contributed by atoms with Crippen LogP contribution in [0.3, 0.4) is 0 Å². The van der Waals surface area contributed by atoms with Gasteiger partial charge in [0.1, 0.15) is 12.8 Å². The number of esters is 1. The predicted octanol–water partition coefficient (Wildman–Crippen LogP) is 3.07. The second kappa shape index (κ2) is 9.36. The number of benzene rings is 1. The highest BCUT2D eigenvalue weighted by Crippen LogP contribution is 2.72. The van der Waals surface area contributed by atoms with E-state index in [0.29, 0.717) is 18.5 Å². The molecule has 1 aromatic rings. The number of aliphatic hydroxyl groups is 2. The summed E-state index contributed by atoms with van der Waals surface area (Å²) in [7, 11) is 1.30. The Balaban J connectivity index is 1.34. The first-order chi connectivity index (χ1) is 19.4. The summed E-state index contributed by atoms with van der Waals surface area (Å²) in [6, 6.07) is 6.78. The number of fused-ring (bicyclic) bond motifs is 7. The van der Waals surface area contributed by atoms with Crippen molar-refractivity contribution >= 4 is 17.5 Å². The van der Waals surface area contributed by atoms with Crippen LogP contribution in [0.5, 0.6) is 0 Å². The highest BCUT2D eigenvalue weighted by Gasteiger charge is 2.79. The van der Waals surface area contributed by atoms with E-state index in [9.17, 15) is 24.6 Å². The van der Waals surface area contributed by atoms with Crippen LogP contribution in [0.1, 0.15) is 49.0 Å². The minimum absolute atomic E-state index is 0.0476. The van der Waals surface area contributed by atoms with Crippen molar-refractivity contribution < 1.29 is 43.0 Å². The molecular formula is C31H35F2NO7. The van der Waals surface area contributed by atoms with E-state index in [1.807, 2.05) is 0 Å². The molecule has 8 nitrogen and oxygen atoms in total. The molecule has 0 radical (unpaired) electrons. The fraction of sp³-hybridized carbons (Fsp3) is 0.581. The highest BCUT2D eigenvalue weighted by atomic mass is 19.1. The third kappa shape index (κ3) is 3.60. The van der Waals surface area contributed by atoms with Crippen LogP contribution >= 0.6 is 0 Å². The SMILES string of the molecule is COC(=O)c1ccc(CN2C[C@@H]3C[C@H]4[C@@H]5C[C@H](F)C6=CC(=O)C=C[C@]6(C)[C@@]5(F)[C@@H](O)C[C@]4(C)[C@]3(C(=O)CO)O2)cc1. The van der Waals surface area contributed by atoms with Gasteiger partial charge in [0.15, 0.2) is 22.8 Å². The molecule has 4 fully saturated rings. The van der Waals surface area contributed by atoms with Gasteiger partial charge in [-0.2, -0.15) is 5.06 Å². The molecule has 9 atom stereocenters. The van der Waals surface area contributed by atoms with Gasteiger partial charge in [0.2, 0.25) is 0 Å². The van der Waals surface area contributed by atoms with Crippen molar-refractivity contribution in [3.63, 3.8) is 0 Å². The highest BCUT2D eigenvalue weighted by molar-refractivity contribution is 6.01. The number of ketones is 2. The summed E-state index contributed by atoms with van der Waals surface area (Å²) in [4.78, 5) is 43.9. The lowest BCUT2D eigenvalue weighted by atomic mass is 9.44. The molecule has 0 spiro atoms. The summed E-state index contributed by atoms with van der Waals surface area (Å²) in [6.45, 7) is 3.15. The molecule has 0 unspecified atom stereocenters. The second-order valence-electron chi connectivity index (χ2n) is 12.7. The van der Waals surface area contributed by atoms with Crippen molar-refractivity contribution in [3.8, 4) is 0 Å². The number of aliphatic hydroxyl groups excluding tert-OH is 2. The number of hydrogen-bond acceptors (Lipinski definition) is 8. The van der Waals surface area contributed by atoms with Crippen LogP contribution in [0.4, 0.5) is 8.78 Å². The smallest absolute Gasteiger partial charge is 0.337 e. The van der Waals surface area contributed by atoms with Gasteiger partial charge in [-0.1, -0.05) is 25.1 Å². The number of ether oxygens (including phenoxy) is 1. The molecule has 2 N–H and O–H groups in total. The average Bonchev–Trinajstić information content (AvgIpc) is 3.43. The number of allylic oxidation sites excluding steroid dienone is 4. The Bertz CT molecular complexity index is 1360. The van der Waals surface area contributed by atoms with E-state index in [1.165, 1.54) is 19.3 Å². The minimum Gasteiger partial charge on any atom is -0.465 e. The van der Waals surface area contributed by atoms with Crippen LogP contribution < -0.4 is 0 Å². The van der Waals surface area contributed by atoms with Gasteiger partial charge in [-0.15, -0.1) is 0 Å². The van der Waals surface area contributed by atoms with Gasteiger partial charge >= 0.3 is 5.97 Å². The molecule has 10 heteroatoms. The van der Waals surface area contributed by atoms with Gasteiger partial charge in [-0.05, 0) is 67.5 Å². The molecule has 6 rings (SSSR count). The Labute approximate surface area is 236 Å². The van der Waals surface area contributed by atoms with Gasteiger partial charge in [-0.25, -0.2) is 13.6 Å². The third-order valence-electron chi connectivity index (χ3n) is 11.0. The molecule has 5 aliphatic rings. The van der Waals surface area contributed by atoms with E-state index in [1.54, 1.807) is 43.2 Å². The normalized spacial score (nSPS) is 43.0. The number of alkyl halides is 2. The first-order valence-corrected chi connectivity index (χ1v) is 14.1. The zero-order valence-electron chi connectivity index (χ0n) is 23.3. The van der Waals surface area contributed by atoms with Crippen LogP contribution in [-0.4, -0.2) is 76.6 Å². The van der Waals surface area contributed by atoms with E-state index in [-0.39, 0.29) is 25.0 Å². The fourth-order valence-electron chi connectivity index (χ4n) is 9.10. The van der Waals surface area contributed by atoms with Crippen LogP contribution in [0.15, 0.2) is 48.1 Å². The molecule has 1 saturated heterocycles. The van der Waals surface area contributed by atoms with E-state index >= 15 is 8.78 Å². The Hall–Kier alpha value is -2.79. The van der Waals surface area contributed by atoms with E-state index < -0.39 is 76.3 Å². The molecule has 220 valence electrons. The maximum atomic E-state index is 17.5. The number of hydrogen-bond donors (Lipinski definition) is 2. The molecule has 0 aromatic heterocycles. The van der Waals surface area contributed by atoms with Crippen molar-refractivity contribution in [1.29, 1.82) is 0 Å². The summed E-state index contributed by atoms with van der Waals surface area (Å²) in [5.41, 5.74) is -5.13. The quantitative estimate of drug-likeness (QED) is 0.519. The summed E-state index contributed by atoms with van der Waals surface area (Å²) < 4.78 is 37.9. The number of hydroxylamine groups is 2. The molecular weight excluding hydrogens is 536 g/mol. The number of methoxy groups -OCH3 is 1. The Morgan fingerprint density at radius 2 is 1.88 bits per heavy atom. The molecule has 1 heterocycles. The van der Waals surface area contributed by atoms with Crippen molar-refractivity contribution in [2.24, 2.45) is 28.6 Å². The first kappa shape index (κ1) is 28.3. The monoisotopic (exact) mass is 571 g/mol. The molecule has 1 aromatic carbocycles. The van der Waals surface area contributed by atoms with Gasteiger partial charge in [0.05, 0.1) is 18.8 Å². The molecule has 3 saturated carbocycles. The lowest BCUT2D eigenvalue weighted by molar-refractivity contribution is -0.269. The maximum Gasteiger partial charge on any atom is 0.337 e. The molecule has 0 bridgehead atoms. The zero-order chi connectivity index (χ0) is 29.5. The van der Waals surface area contributed by atoms with Crippen molar-refractivity contribution in [3.05, 3.63) is 59.2 Å². The van der Waals surface area contributed by atoms with Crippen LogP contribution in [-0.2, 0) is 25.7 Å². The lowest BCUT2D eigenvalue weighted by Crippen LogP contribution is -2.70. The summed E-state index contributed by atoms with van der Waals surface area (Å²) in [5, 5.41) is 23.3. The molecule has 0 amide bonds. The summed E-state index contributed by atoms with van der Waals surface area (Å²) >= 11 is 0. The van der Waals surface area contributed by atoms with Gasteiger partial charge < -0.3 is 14.9 Å². The van der Waals surface area contributed by atoms with Crippen molar-refractivity contribution in [2.75, 3.05) is 20.3 Å². The Kier molecular flexibility index (Phi) is 6.47. The maximum absolute atomic E-state index is 17.5. The number of carbonyl (C=O) groups excluding carboxylic acids is 3. The standard InChI is InChI=1S/C31H35F2NO7/c1-28-9-8-20(36)11-23(28)24(32)12-22-21-10-19-15-34(14-17-4-6-18(7-5-17)27(39)40-3)41-31(19,26(38)16-35)29(21,2)13-25(37)30(22,28)33/h4-9,11,19,21-22,24-25,35,37H,10,12-16H2,1-3H3/t19-,21-,22-,24-,25-,28-,29-,30-,31-/m0/s1. The van der Waals surface area contributed by atoms with Gasteiger partial charge in [-0.3, -0.25) is 14.4 Å². The zero-order valence-corrected chi connectivity index (χ0v) is 23.3. The molecule has 4 aliphatic carbocycles. The lowest BCUT2D eigenvalue weighted by Gasteiger charge is -2.63. The van der Waals surface area contributed by atoms with Crippen LogP contribution in [0, 0.1) is 28.6 Å². The Morgan fingerprint density at radius 3 is 2.54 bits per heavy atom. The number of rotatable bonds is 5. The Morgan fingerprint density at radius 1 is 1.17 bits per heavy atom. The third-order valence-corrected chi connectivity index (χ3v) is 11.0. The van der Waals surface area contributed by atoms with E-state index in [4.69, 9.17) is 9.57 Å². The second-order valence-corrected chi connectivity index (χ2v) is 12.7. The van der Waals surface area contributed by atoms with Crippen LogP contribution in [0.2, 0.25) is 0 Å². The largest absolute Gasteiger partial charge is 0.465 e. The van der Waals surface area contributed by atoms with E-state index in [2.05, 4.69) is 0 Å². The topological polar surface area (TPSA) is 113 Å². The van der Waals surface area contributed by atoms with Gasteiger partial charge in [0.25, 0.3) is 0 Å². The summed E-state index contributed by atoms with van der Waals surface area (Å²) in [5.74, 6) is -3.29. The van der Waals surface area contributed by atoms with Crippen molar-refractivity contribution in [1.82, 2.24) is 5.06 Å². The van der Waals surface area contributed by atoms with Crippen LogP contribution in [0.25, 0.3) is 0 Å². The molecule has 41 heavy (non-hydrogen) atoms. The molecule has 1 aliphatic heterocycles. The number of nitrogens with zero attached hydrogens (tertiary/aromatic N) is 1. The number of carbonyl (C=O) groups is 3. The predicted molar refractivity (Wildman–Crippen MR) is 142 cm³/mol. The van der Waals surface area contributed by atoms with Crippen molar-refractivity contribution in [2.45, 2.75) is 63.2 Å². The number of Topliss-reactive ketones (excluding diaryl/α,β-unsaturated/α-hetero) is 1.